The first-order valence-corrected chi connectivity index (χ1v) is 11.0. The number of hydrogen-bond donors (Lipinski definition) is 2. The number of amides is 1. The van der Waals surface area contributed by atoms with Crippen LogP contribution in [0.2, 0.25) is 0 Å². The molecule has 1 unspecified atom stereocenters. The number of primary amides is 1. The maximum Gasteiger partial charge on any atom is 0.271 e. The molecule has 1 saturated carbocycles. The molecule has 164 valence electrons. The molecule has 1 aliphatic heterocycles. The number of Topliss-reactive ketones (excluding diaryl/α,β-unsaturated/α-hetero) is 1. The molecule has 2 aromatic heterocycles. The van der Waals surface area contributed by atoms with Crippen molar-refractivity contribution < 1.29 is 14.3 Å². The fourth-order valence-corrected chi connectivity index (χ4v) is 4.56. The monoisotopic (exact) mass is 424 g/mol. The number of fused-ring (bicyclic) bond motifs is 1. The summed E-state index contributed by atoms with van der Waals surface area (Å²) < 4.78 is 7.17. The summed E-state index contributed by atoms with van der Waals surface area (Å²) in [6.45, 7) is 5.39. The third-order valence-corrected chi connectivity index (χ3v) is 6.28. The summed E-state index contributed by atoms with van der Waals surface area (Å²) in [4.78, 5) is 33.9. The minimum Gasteiger partial charge on any atom is -0.379 e. The van der Waals surface area contributed by atoms with E-state index in [0.29, 0.717) is 37.2 Å². The molecule has 0 bridgehead atoms. The molecular weight excluding hydrogens is 396 g/mol. The van der Waals surface area contributed by atoms with Crippen LogP contribution in [0.5, 0.6) is 0 Å². The largest absolute Gasteiger partial charge is 0.379 e. The summed E-state index contributed by atoms with van der Waals surface area (Å²) in [6.07, 6.45) is 6.76. The van der Waals surface area contributed by atoms with Crippen molar-refractivity contribution in [2.45, 2.75) is 58.4 Å². The van der Waals surface area contributed by atoms with Crippen molar-refractivity contribution in [2.75, 3.05) is 18.5 Å². The standard InChI is InChI=1S/C22H28N6O3/c1-22(2)8-15-18(16(29)9-22)14(7-12-3-4-12)27-28(15)17-10-24-19(20(23)30)21(26-17)25-13-5-6-31-11-13/h10,12-13H,3-9,11H2,1-2H3,(H2,23,30)(H,25,26). The number of nitrogens with one attached hydrogen (secondary N) is 1. The quantitative estimate of drug-likeness (QED) is 0.727. The molecule has 1 saturated heterocycles. The zero-order chi connectivity index (χ0) is 21.8. The van der Waals surface area contributed by atoms with Crippen molar-refractivity contribution in [3.8, 4) is 5.82 Å². The van der Waals surface area contributed by atoms with E-state index in [1.54, 1.807) is 4.68 Å². The Kier molecular flexibility index (Phi) is 4.80. The number of ketones is 1. The number of carbonyl (C=O) groups is 2. The minimum absolute atomic E-state index is 0.0418. The summed E-state index contributed by atoms with van der Waals surface area (Å²) >= 11 is 0. The Bertz CT molecular complexity index is 1050. The molecular formula is C22H28N6O3. The molecule has 2 aliphatic carbocycles. The topological polar surface area (TPSA) is 125 Å². The van der Waals surface area contributed by atoms with E-state index in [2.05, 4.69) is 29.1 Å². The molecule has 0 spiro atoms. The van der Waals surface area contributed by atoms with Crippen LogP contribution in [-0.2, 0) is 17.6 Å². The number of anilines is 1. The first kappa shape index (κ1) is 20.1. The van der Waals surface area contributed by atoms with Crippen LogP contribution in [0.15, 0.2) is 6.20 Å². The van der Waals surface area contributed by atoms with Gasteiger partial charge in [0.1, 0.15) is 0 Å². The molecule has 5 rings (SSSR count). The predicted octanol–water partition coefficient (Wildman–Crippen LogP) is 2.07. The molecule has 2 fully saturated rings. The van der Waals surface area contributed by atoms with Crippen LogP contribution in [0.25, 0.3) is 5.82 Å². The van der Waals surface area contributed by atoms with Gasteiger partial charge in [0, 0.05) is 13.0 Å². The molecule has 9 nitrogen and oxygen atoms in total. The van der Waals surface area contributed by atoms with Crippen LogP contribution in [0.4, 0.5) is 5.82 Å². The summed E-state index contributed by atoms with van der Waals surface area (Å²) in [7, 11) is 0. The van der Waals surface area contributed by atoms with Crippen LogP contribution in [-0.4, -0.2) is 50.7 Å². The zero-order valence-corrected chi connectivity index (χ0v) is 18.0. The maximum absolute atomic E-state index is 13.0. The first-order chi connectivity index (χ1) is 14.8. The molecule has 31 heavy (non-hydrogen) atoms. The van der Waals surface area contributed by atoms with Gasteiger partial charge in [-0.15, -0.1) is 0 Å². The third kappa shape index (κ3) is 3.94. The lowest BCUT2D eigenvalue weighted by molar-refractivity contribution is 0.0909. The van der Waals surface area contributed by atoms with E-state index in [4.69, 9.17) is 15.6 Å². The zero-order valence-electron chi connectivity index (χ0n) is 18.0. The first-order valence-electron chi connectivity index (χ1n) is 11.0. The number of ether oxygens (including phenoxy) is 1. The summed E-state index contributed by atoms with van der Waals surface area (Å²) in [5.74, 6) is 0.924. The van der Waals surface area contributed by atoms with Crippen LogP contribution >= 0.6 is 0 Å². The Hall–Kier alpha value is -2.81. The van der Waals surface area contributed by atoms with E-state index in [-0.39, 0.29) is 22.9 Å². The number of carbonyl (C=O) groups excluding carboxylic acids is 2. The SMILES string of the molecule is CC1(C)CC(=O)c2c(CC3CC3)nn(-c3cnc(C(N)=O)c(NC4CCOC4)n3)c2C1. The van der Waals surface area contributed by atoms with Crippen molar-refractivity contribution in [1.29, 1.82) is 0 Å². The highest BCUT2D eigenvalue weighted by atomic mass is 16.5. The average Bonchev–Trinajstić information content (AvgIpc) is 3.22. The van der Waals surface area contributed by atoms with Crippen molar-refractivity contribution in [3.05, 3.63) is 28.8 Å². The van der Waals surface area contributed by atoms with Gasteiger partial charge in [-0.3, -0.25) is 9.59 Å². The number of nitrogens with zero attached hydrogens (tertiary/aromatic N) is 4. The fourth-order valence-electron chi connectivity index (χ4n) is 4.56. The van der Waals surface area contributed by atoms with Gasteiger partial charge in [-0.25, -0.2) is 14.6 Å². The van der Waals surface area contributed by atoms with Gasteiger partial charge in [-0.05, 0) is 43.4 Å². The van der Waals surface area contributed by atoms with Gasteiger partial charge in [-0.2, -0.15) is 5.10 Å². The van der Waals surface area contributed by atoms with E-state index in [1.807, 2.05) is 0 Å². The highest BCUT2D eigenvalue weighted by molar-refractivity contribution is 6.00. The fraction of sp³-hybridized carbons (Fsp3) is 0.591. The van der Waals surface area contributed by atoms with Crippen molar-refractivity contribution in [2.24, 2.45) is 17.1 Å². The highest BCUT2D eigenvalue weighted by Gasteiger charge is 2.38. The van der Waals surface area contributed by atoms with E-state index in [1.165, 1.54) is 19.0 Å². The second kappa shape index (κ2) is 7.40. The lowest BCUT2D eigenvalue weighted by atomic mass is 9.75. The second-order valence-electron chi connectivity index (χ2n) is 9.76. The summed E-state index contributed by atoms with van der Waals surface area (Å²) in [5, 5.41) is 8.08. The Labute approximate surface area is 180 Å². The van der Waals surface area contributed by atoms with E-state index in [9.17, 15) is 9.59 Å². The molecule has 1 amide bonds. The Morgan fingerprint density at radius 3 is 2.81 bits per heavy atom. The average molecular weight is 425 g/mol. The van der Waals surface area contributed by atoms with E-state index < -0.39 is 5.91 Å². The molecule has 3 heterocycles. The Balaban J connectivity index is 1.59. The van der Waals surface area contributed by atoms with Gasteiger partial charge in [-0.1, -0.05) is 13.8 Å². The van der Waals surface area contributed by atoms with E-state index >= 15 is 0 Å². The minimum atomic E-state index is -0.645. The number of aromatic nitrogens is 4. The van der Waals surface area contributed by atoms with Gasteiger partial charge in [0.25, 0.3) is 5.91 Å². The number of nitrogens with two attached hydrogens (primary N) is 1. The summed E-state index contributed by atoms with van der Waals surface area (Å²) in [6, 6.07) is 0.0418. The molecule has 3 aliphatic rings. The summed E-state index contributed by atoms with van der Waals surface area (Å²) in [5.41, 5.74) is 7.96. The molecule has 2 aromatic rings. The lowest BCUT2D eigenvalue weighted by Gasteiger charge is -2.29. The Morgan fingerprint density at radius 1 is 1.32 bits per heavy atom. The molecule has 1 atom stereocenters. The molecule has 0 radical (unpaired) electrons. The van der Waals surface area contributed by atoms with Crippen molar-refractivity contribution in [3.63, 3.8) is 0 Å². The van der Waals surface area contributed by atoms with Crippen molar-refractivity contribution in [1.82, 2.24) is 19.7 Å². The van der Waals surface area contributed by atoms with Gasteiger partial charge in [0.2, 0.25) is 0 Å². The normalized spacial score (nSPS) is 22.4. The Morgan fingerprint density at radius 2 is 2.13 bits per heavy atom. The smallest absolute Gasteiger partial charge is 0.271 e. The highest BCUT2D eigenvalue weighted by Crippen LogP contribution is 2.40. The van der Waals surface area contributed by atoms with Crippen LogP contribution in [0, 0.1) is 11.3 Å². The van der Waals surface area contributed by atoms with Crippen molar-refractivity contribution >= 4 is 17.5 Å². The predicted molar refractivity (Wildman–Crippen MR) is 113 cm³/mol. The number of rotatable bonds is 6. The van der Waals surface area contributed by atoms with Gasteiger partial charge in [0.05, 0.1) is 35.8 Å². The van der Waals surface area contributed by atoms with Crippen LogP contribution < -0.4 is 11.1 Å². The molecule has 3 N–H and O–H groups in total. The van der Waals surface area contributed by atoms with E-state index in [0.717, 1.165) is 36.2 Å². The molecule has 9 heteroatoms. The molecule has 0 aromatic carbocycles. The van der Waals surface area contributed by atoms with Crippen LogP contribution in [0.3, 0.4) is 0 Å². The second-order valence-corrected chi connectivity index (χ2v) is 9.76. The lowest BCUT2D eigenvalue weighted by Crippen LogP contribution is -2.29. The van der Waals surface area contributed by atoms with Gasteiger partial charge < -0.3 is 15.8 Å². The third-order valence-electron chi connectivity index (χ3n) is 6.28. The van der Waals surface area contributed by atoms with Gasteiger partial charge in [0.15, 0.2) is 23.1 Å². The number of hydrogen-bond acceptors (Lipinski definition) is 7. The maximum atomic E-state index is 13.0. The van der Waals surface area contributed by atoms with Crippen LogP contribution in [0.1, 0.15) is 71.8 Å². The van der Waals surface area contributed by atoms with Gasteiger partial charge >= 0.3 is 0 Å².